The number of carboxylic acid groups (broad SMARTS) is 1. The first-order valence-corrected chi connectivity index (χ1v) is 6.14. The third-order valence-electron chi connectivity index (χ3n) is 3.43. The fraction of sp³-hybridized carbons (Fsp3) is 0.500. The number of ether oxygens (including phenoxy) is 2. The first-order chi connectivity index (χ1) is 8.57. The third kappa shape index (κ3) is 2.28. The Balaban J connectivity index is 2.29. The van der Waals surface area contributed by atoms with Gasteiger partial charge in [-0.3, -0.25) is 0 Å². The Morgan fingerprint density at radius 2 is 1.94 bits per heavy atom. The molecule has 18 heavy (non-hydrogen) atoms. The average Bonchev–Trinajstić information content (AvgIpc) is 2.81. The molecule has 1 saturated carbocycles. The molecule has 0 unspecified atom stereocenters. The monoisotopic (exact) mass is 250 g/mol. The van der Waals surface area contributed by atoms with Crippen LogP contribution in [-0.2, 0) is 4.79 Å². The minimum absolute atomic E-state index is 0.507. The minimum atomic E-state index is -1.08. The van der Waals surface area contributed by atoms with Crippen molar-refractivity contribution in [2.24, 2.45) is 0 Å². The SMILES string of the molecule is COc1cc(C)ccc1OC1(C(=O)O)CCCC1. The van der Waals surface area contributed by atoms with Gasteiger partial charge in [0.15, 0.2) is 11.5 Å². The zero-order valence-corrected chi connectivity index (χ0v) is 10.7. The topological polar surface area (TPSA) is 55.8 Å². The van der Waals surface area contributed by atoms with Crippen molar-refractivity contribution in [1.29, 1.82) is 0 Å². The van der Waals surface area contributed by atoms with Crippen LogP contribution in [0.15, 0.2) is 18.2 Å². The van der Waals surface area contributed by atoms with E-state index in [4.69, 9.17) is 9.47 Å². The zero-order chi connectivity index (χ0) is 13.2. The molecule has 0 aliphatic heterocycles. The molecule has 98 valence electrons. The minimum Gasteiger partial charge on any atom is -0.493 e. The van der Waals surface area contributed by atoms with Gasteiger partial charge in [0.2, 0.25) is 5.60 Å². The molecule has 1 N–H and O–H groups in total. The number of rotatable bonds is 4. The van der Waals surface area contributed by atoms with Gasteiger partial charge < -0.3 is 14.6 Å². The molecule has 0 radical (unpaired) electrons. The summed E-state index contributed by atoms with van der Waals surface area (Å²) < 4.78 is 11.0. The Kier molecular flexibility index (Phi) is 3.45. The summed E-state index contributed by atoms with van der Waals surface area (Å²) in [5.41, 5.74) is -0.0299. The number of hydrogen-bond donors (Lipinski definition) is 1. The molecule has 0 atom stereocenters. The number of methoxy groups -OCH3 is 1. The van der Waals surface area contributed by atoms with Crippen LogP contribution in [0.3, 0.4) is 0 Å². The maximum absolute atomic E-state index is 11.4. The van der Waals surface area contributed by atoms with Gasteiger partial charge >= 0.3 is 5.97 Å². The van der Waals surface area contributed by atoms with Crippen LogP contribution in [-0.4, -0.2) is 23.8 Å². The normalized spacial score (nSPS) is 17.4. The van der Waals surface area contributed by atoms with Gasteiger partial charge in [-0.15, -0.1) is 0 Å². The molecule has 4 heteroatoms. The van der Waals surface area contributed by atoms with Crippen molar-refractivity contribution in [3.05, 3.63) is 23.8 Å². The molecule has 1 aliphatic carbocycles. The molecule has 0 amide bonds. The highest BCUT2D eigenvalue weighted by Gasteiger charge is 2.44. The molecule has 0 saturated heterocycles. The van der Waals surface area contributed by atoms with Crippen LogP contribution < -0.4 is 9.47 Å². The van der Waals surface area contributed by atoms with E-state index in [1.165, 1.54) is 0 Å². The van der Waals surface area contributed by atoms with Crippen LogP contribution in [0, 0.1) is 6.92 Å². The lowest BCUT2D eigenvalue weighted by molar-refractivity contribution is -0.154. The van der Waals surface area contributed by atoms with Gasteiger partial charge in [-0.2, -0.15) is 0 Å². The second-order valence-electron chi connectivity index (χ2n) is 4.76. The predicted molar refractivity (Wildman–Crippen MR) is 67.2 cm³/mol. The van der Waals surface area contributed by atoms with E-state index < -0.39 is 11.6 Å². The Labute approximate surface area is 107 Å². The van der Waals surface area contributed by atoms with Crippen LogP contribution in [0.2, 0.25) is 0 Å². The molecule has 0 bridgehead atoms. The smallest absolute Gasteiger partial charge is 0.348 e. The lowest BCUT2D eigenvalue weighted by Crippen LogP contribution is -2.41. The van der Waals surface area contributed by atoms with E-state index in [9.17, 15) is 9.90 Å². The molecule has 0 aromatic heterocycles. The Morgan fingerprint density at radius 3 is 2.50 bits per heavy atom. The van der Waals surface area contributed by atoms with E-state index in [-0.39, 0.29) is 0 Å². The molecule has 4 nitrogen and oxygen atoms in total. The Morgan fingerprint density at radius 1 is 1.28 bits per heavy atom. The zero-order valence-electron chi connectivity index (χ0n) is 10.7. The number of hydrogen-bond acceptors (Lipinski definition) is 3. The van der Waals surface area contributed by atoms with Gasteiger partial charge in [0.1, 0.15) is 0 Å². The predicted octanol–water partition coefficient (Wildman–Crippen LogP) is 2.78. The molecule has 1 aliphatic rings. The van der Waals surface area contributed by atoms with E-state index in [0.717, 1.165) is 18.4 Å². The number of carbonyl (C=O) groups is 1. The summed E-state index contributed by atoms with van der Waals surface area (Å²) in [6.07, 6.45) is 2.89. The third-order valence-corrected chi connectivity index (χ3v) is 3.43. The summed E-state index contributed by atoms with van der Waals surface area (Å²) >= 11 is 0. The summed E-state index contributed by atoms with van der Waals surface area (Å²) in [6.45, 7) is 1.95. The summed E-state index contributed by atoms with van der Waals surface area (Å²) in [6, 6.07) is 5.51. The number of aliphatic carboxylic acids is 1. The summed E-state index contributed by atoms with van der Waals surface area (Å²) in [5, 5.41) is 9.38. The van der Waals surface area contributed by atoms with Gasteiger partial charge in [-0.25, -0.2) is 4.79 Å². The first-order valence-electron chi connectivity index (χ1n) is 6.14. The van der Waals surface area contributed by atoms with Crippen molar-refractivity contribution < 1.29 is 19.4 Å². The first kappa shape index (κ1) is 12.7. The molecule has 0 spiro atoms. The van der Waals surface area contributed by atoms with Crippen LogP contribution >= 0.6 is 0 Å². The van der Waals surface area contributed by atoms with Gasteiger partial charge in [0.25, 0.3) is 0 Å². The molecule has 1 fully saturated rings. The fourth-order valence-corrected chi connectivity index (χ4v) is 2.38. The molecule has 1 aromatic rings. The van der Waals surface area contributed by atoms with E-state index in [1.54, 1.807) is 13.2 Å². The molecular weight excluding hydrogens is 232 g/mol. The maximum atomic E-state index is 11.4. The van der Waals surface area contributed by atoms with Crippen molar-refractivity contribution in [3.63, 3.8) is 0 Å². The van der Waals surface area contributed by atoms with E-state index in [0.29, 0.717) is 24.3 Å². The summed E-state index contributed by atoms with van der Waals surface area (Å²) in [7, 11) is 1.56. The largest absolute Gasteiger partial charge is 0.493 e. The fourth-order valence-electron chi connectivity index (χ4n) is 2.38. The lowest BCUT2D eigenvalue weighted by Gasteiger charge is -2.26. The second-order valence-corrected chi connectivity index (χ2v) is 4.76. The quantitative estimate of drug-likeness (QED) is 0.892. The van der Waals surface area contributed by atoms with Crippen molar-refractivity contribution in [3.8, 4) is 11.5 Å². The van der Waals surface area contributed by atoms with Gasteiger partial charge in [-0.1, -0.05) is 6.07 Å². The Hall–Kier alpha value is -1.71. The second kappa shape index (κ2) is 4.88. The van der Waals surface area contributed by atoms with Crippen LogP contribution in [0.25, 0.3) is 0 Å². The van der Waals surface area contributed by atoms with Gasteiger partial charge in [0.05, 0.1) is 7.11 Å². The van der Waals surface area contributed by atoms with Crippen molar-refractivity contribution >= 4 is 5.97 Å². The average molecular weight is 250 g/mol. The molecule has 0 heterocycles. The number of aryl methyl sites for hydroxylation is 1. The highest BCUT2D eigenvalue weighted by atomic mass is 16.5. The number of carboxylic acids is 1. The number of benzene rings is 1. The lowest BCUT2D eigenvalue weighted by atomic mass is 10.0. The summed E-state index contributed by atoms with van der Waals surface area (Å²) in [4.78, 5) is 11.4. The highest BCUT2D eigenvalue weighted by Crippen LogP contribution is 2.38. The molecular formula is C14H18O4. The highest BCUT2D eigenvalue weighted by molar-refractivity contribution is 5.78. The summed E-state index contributed by atoms with van der Waals surface area (Å²) in [5.74, 6) is 0.206. The van der Waals surface area contributed by atoms with Crippen molar-refractivity contribution in [2.45, 2.75) is 38.2 Å². The molecule has 1 aromatic carbocycles. The van der Waals surface area contributed by atoms with Gasteiger partial charge in [0, 0.05) is 0 Å². The standard InChI is InChI=1S/C14H18O4/c1-10-5-6-11(12(9-10)17-2)18-14(13(15)16)7-3-4-8-14/h5-6,9H,3-4,7-8H2,1-2H3,(H,15,16). The van der Waals surface area contributed by atoms with Crippen LogP contribution in [0.4, 0.5) is 0 Å². The van der Waals surface area contributed by atoms with Crippen LogP contribution in [0.5, 0.6) is 11.5 Å². The van der Waals surface area contributed by atoms with Gasteiger partial charge in [-0.05, 0) is 50.3 Å². The molecule has 2 rings (SSSR count). The Bertz CT molecular complexity index is 447. The van der Waals surface area contributed by atoms with E-state index in [1.807, 2.05) is 19.1 Å². The van der Waals surface area contributed by atoms with E-state index in [2.05, 4.69) is 0 Å². The van der Waals surface area contributed by atoms with E-state index >= 15 is 0 Å². The van der Waals surface area contributed by atoms with Crippen LogP contribution in [0.1, 0.15) is 31.2 Å². The van der Waals surface area contributed by atoms with Crippen molar-refractivity contribution in [2.75, 3.05) is 7.11 Å². The van der Waals surface area contributed by atoms with Crippen molar-refractivity contribution in [1.82, 2.24) is 0 Å². The maximum Gasteiger partial charge on any atom is 0.348 e.